The topological polar surface area (TPSA) is 76.7 Å². The molecule has 3 amide bonds. The number of hydrogen-bond donors (Lipinski definition) is 2. The van der Waals surface area contributed by atoms with E-state index in [-0.39, 0.29) is 10.6 Å². The van der Waals surface area contributed by atoms with Crippen LogP contribution in [0.15, 0.2) is 72.8 Å². The molecule has 0 heterocycles. The Hall–Kier alpha value is -3.51. The van der Waals surface area contributed by atoms with Gasteiger partial charge in [0.25, 0.3) is 5.91 Å². The number of anilines is 1. The van der Waals surface area contributed by atoms with Gasteiger partial charge in [-0.2, -0.15) is 0 Å². The van der Waals surface area contributed by atoms with E-state index < -0.39 is 11.9 Å². The molecular weight excluding hydrogens is 392 g/mol. The molecule has 148 valence electrons. The van der Waals surface area contributed by atoms with Crippen LogP contribution in [0.4, 0.5) is 10.5 Å². The number of hydrogen-bond acceptors (Lipinski definition) is 4. The third kappa shape index (κ3) is 5.73. The van der Waals surface area contributed by atoms with E-state index in [1.165, 1.54) is 0 Å². The van der Waals surface area contributed by atoms with Crippen LogP contribution in [0.1, 0.15) is 15.9 Å². The zero-order valence-corrected chi connectivity index (χ0v) is 16.4. The van der Waals surface area contributed by atoms with E-state index in [1.807, 2.05) is 24.3 Å². The highest BCUT2D eigenvalue weighted by molar-refractivity contribution is 6.34. The summed E-state index contributed by atoms with van der Waals surface area (Å²) in [5.41, 5.74) is 1.75. The molecule has 0 saturated carbocycles. The first-order valence-corrected chi connectivity index (χ1v) is 9.15. The lowest BCUT2D eigenvalue weighted by Crippen LogP contribution is -2.34. The van der Waals surface area contributed by atoms with Crippen LogP contribution in [-0.2, 0) is 6.61 Å². The number of ether oxygens (including phenoxy) is 2. The van der Waals surface area contributed by atoms with Crippen LogP contribution >= 0.6 is 11.6 Å². The number of carbonyl (C=O) groups is 2. The van der Waals surface area contributed by atoms with Gasteiger partial charge in [-0.3, -0.25) is 10.1 Å². The number of imide groups is 1. The van der Waals surface area contributed by atoms with Gasteiger partial charge in [0, 0.05) is 5.69 Å². The van der Waals surface area contributed by atoms with Crippen LogP contribution in [0.3, 0.4) is 0 Å². The molecule has 3 rings (SSSR count). The van der Waals surface area contributed by atoms with E-state index >= 15 is 0 Å². The highest BCUT2D eigenvalue weighted by Gasteiger charge is 2.13. The van der Waals surface area contributed by atoms with Gasteiger partial charge in [0.15, 0.2) is 0 Å². The summed E-state index contributed by atoms with van der Waals surface area (Å²) in [6.45, 7) is 0.406. The van der Waals surface area contributed by atoms with Gasteiger partial charge >= 0.3 is 6.03 Å². The summed E-state index contributed by atoms with van der Waals surface area (Å²) in [7, 11) is 1.62. The fraction of sp³-hybridized carbons (Fsp3) is 0.0909. The van der Waals surface area contributed by atoms with Crippen molar-refractivity contribution in [2.75, 3.05) is 12.4 Å². The number of halogens is 1. The molecule has 0 aliphatic carbocycles. The van der Waals surface area contributed by atoms with Crippen molar-refractivity contribution in [2.24, 2.45) is 0 Å². The predicted octanol–water partition coefficient (Wildman–Crippen LogP) is 4.89. The summed E-state index contributed by atoms with van der Waals surface area (Å²) in [6.07, 6.45) is 0. The Morgan fingerprint density at radius 2 is 1.55 bits per heavy atom. The molecule has 0 saturated heterocycles. The van der Waals surface area contributed by atoms with Crippen molar-refractivity contribution in [3.8, 4) is 11.5 Å². The second kappa shape index (κ2) is 9.61. The van der Waals surface area contributed by atoms with Gasteiger partial charge in [-0.05, 0) is 54.1 Å². The predicted molar refractivity (Wildman–Crippen MR) is 112 cm³/mol. The van der Waals surface area contributed by atoms with Crippen molar-refractivity contribution in [1.82, 2.24) is 5.32 Å². The molecule has 6 nitrogen and oxygen atoms in total. The molecule has 7 heteroatoms. The van der Waals surface area contributed by atoms with Gasteiger partial charge in [0.05, 0.1) is 17.7 Å². The standard InChI is InChI=1S/C22H19ClN2O4/c1-28-17-10-6-15(7-11-17)14-29-18-12-8-16(9-13-18)24-22(27)25-21(26)19-4-2-3-5-20(19)23/h2-13H,14H2,1H3,(H2,24,25,26,27). The number of methoxy groups -OCH3 is 1. The average molecular weight is 411 g/mol. The van der Waals surface area contributed by atoms with Crippen LogP contribution in [0.25, 0.3) is 0 Å². The SMILES string of the molecule is COc1ccc(COc2ccc(NC(=O)NC(=O)c3ccccc3Cl)cc2)cc1. The quantitative estimate of drug-likeness (QED) is 0.606. The molecule has 0 unspecified atom stereocenters. The molecule has 2 N–H and O–H groups in total. The Morgan fingerprint density at radius 3 is 2.21 bits per heavy atom. The summed E-state index contributed by atoms with van der Waals surface area (Å²) in [5.74, 6) is 0.863. The largest absolute Gasteiger partial charge is 0.497 e. The monoisotopic (exact) mass is 410 g/mol. The minimum atomic E-state index is -0.651. The molecule has 0 fully saturated rings. The molecule has 3 aromatic rings. The maximum absolute atomic E-state index is 12.1. The molecule has 0 bridgehead atoms. The van der Waals surface area contributed by atoms with E-state index in [1.54, 1.807) is 55.6 Å². The highest BCUT2D eigenvalue weighted by atomic mass is 35.5. The fourth-order valence-electron chi connectivity index (χ4n) is 2.50. The first kappa shape index (κ1) is 20.2. The zero-order valence-electron chi connectivity index (χ0n) is 15.6. The van der Waals surface area contributed by atoms with E-state index in [9.17, 15) is 9.59 Å². The molecular formula is C22H19ClN2O4. The van der Waals surface area contributed by atoms with E-state index in [2.05, 4.69) is 10.6 Å². The summed E-state index contributed by atoms with van der Waals surface area (Å²) >= 11 is 5.96. The van der Waals surface area contributed by atoms with Gasteiger partial charge in [-0.1, -0.05) is 35.9 Å². The first-order chi connectivity index (χ1) is 14.0. The van der Waals surface area contributed by atoms with Gasteiger partial charge in [-0.25, -0.2) is 4.79 Å². The number of benzene rings is 3. The number of rotatable bonds is 6. The van der Waals surface area contributed by atoms with Gasteiger partial charge in [0.1, 0.15) is 18.1 Å². The van der Waals surface area contributed by atoms with Crippen LogP contribution < -0.4 is 20.1 Å². The summed E-state index contributed by atoms with van der Waals surface area (Å²) < 4.78 is 10.8. The first-order valence-electron chi connectivity index (χ1n) is 8.78. The van der Waals surface area contributed by atoms with E-state index in [0.29, 0.717) is 18.0 Å². The number of amides is 3. The zero-order chi connectivity index (χ0) is 20.6. The fourth-order valence-corrected chi connectivity index (χ4v) is 2.72. The van der Waals surface area contributed by atoms with Crippen LogP contribution in [0.5, 0.6) is 11.5 Å². The number of carbonyl (C=O) groups excluding carboxylic acids is 2. The van der Waals surface area contributed by atoms with Crippen molar-refractivity contribution < 1.29 is 19.1 Å². The second-order valence-electron chi connectivity index (χ2n) is 6.05. The molecule has 0 aliphatic heterocycles. The summed E-state index contributed by atoms with van der Waals surface area (Å²) in [4.78, 5) is 24.1. The van der Waals surface area contributed by atoms with Crippen LogP contribution in [0, 0.1) is 0 Å². The second-order valence-corrected chi connectivity index (χ2v) is 6.46. The van der Waals surface area contributed by atoms with Crippen molar-refractivity contribution in [2.45, 2.75) is 6.61 Å². The number of nitrogens with one attached hydrogen (secondary N) is 2. The Bertz CT molecular complexity index is 988. The van der Waals surface area contributed by atoms with Gasteiger partial charge < -0.3 is 14.8 Å². The normalized spacial score (nSPS) is 10.1. The van der Waals surface area contributed by atoms with E-state index in [4.69, 9.17) is 21.1 Å². The minimum absolute atomic E-state index is 0.228. The van der Waals surface area contributed by atoms with Gasteiger partial charge in [-0.15, -0.1) is 0 Å². The minimum Gasteiger partial charge on any atom is -0.497 e. The molecule has 0 atom stereocenters. The lowest BCUT2D eigenvalue weighted by atomic mass is 10.2. The molecule has 0 spiro atoms. The van der Waals surface area contributed by atoms with Crippen molar-refractivity contribution in [1.29, 1.82) is 0 Å². The van der Waals surface area contributed by atoms with Crippen LogP contribution in [0.2, 0.25) is 5.02 Å². The average Bonchev–Trinajstić information content (AvgIpc) is 2.74. The highest BCUT2D eigenvalue weighted by Crippen LogP contribution is 2.19. The van der Waals surface area contributed by atoms with Gasteiger partial charge in [0.2, 0.25) is 0 Å². The third-order valence-electron chi connectivity index (χ3n) is 4.02. The maximum Gasteiger partial charge on any atom is 0.326 e. The maximum atomic E-state index is 12.1. The Morgan fingerprint density at radius 1 is 0.897 bits per heavy atom. The summed E-state index contributed by atoms with van der Waals surface area (Å²) in [5, 5.41) is 5.11. The Kier molecular flexibility index (Phi) is 6.71. The molecule has 29 heavy (non-hydrogen) atoms. The van der Waals surface area contributed by atoms with Crippen molar-refractivity contribution >= 4 is 29.2 Å². The molecule has 0 aromatic heterocycles. The molecule has 0 radical (unpaired) electrons. The van der Waals surface area contributed by atoms with Crippen molar-refractivity contribution in [3.63, 3.8) is 0 Å². The third-order valence-corrected chi connectivity index (χ3v) is 4.35. The lowest BCUT2D eigenvalue weighted by molar-refractivity contribution is 0.0967. The smallest absolute Gasteiger partial charge is 0.326 e. The Labute approximate surface area is 173 Å². The molecule has 3 aromatic carbocycles. The number of urea groups is 1. The van der Waals surface area contributed by atoms with Crippen molar-refractivity contribution in [3.05, 3.63) is 88.9 Å². The summed E-state index contributed by atoms with van der Waals surface area (Å²) in [6, 6.07) is 20.3. The van der Waals surface area contributed by atoms with E-state index in [0.717, 1.165) is 11.3 Å². The Balaban J connectivity index is 1.51. The lowest BCUT2D eigenvalue weighted by Gasteiger charge is -2.10. The molecule has 0 aliphatic rings. The van der Waals surface area contributed by atoms with Crippen LogP contribution in [-0.4, -0.2) is 19.0 Å².